The Balaban J connectivity index is 0. The number of hydrogen-bond acceptors (Lipinski definition) is 3. The summed E-state index contributed by atoms with van der Waals surface area (Å²) in [6, 6.07) is 0. The van der Waals surface area contributed by atoms with Gasteiger partial charge >= 0.3 is 11.9 Å². The Morgan fingerprint density at radius 1 is 1.42 bits per heavy atom. The Morgan fingerprint density at radius 2 is 2.00 bits per heavy atom. The molecule has 0 saturated heterocycles. The number of aliphatic carboxylic acids is 1. The van der Waals surface area contributed by atoms with E-state index in [0.717, 1.165) is 6.08 Å². The molecule has 0 aliphatic carbocycles. The van der Waals surface area contributed by atoms with Crippen molar-refractivity contribution >= 4 is 11.9 Å². The lowest BCUT2D eigenvalue weighted by atomic mass is 10.5. The van der Waals surface area contributed by atoms with Gasteiger partial charge in [0.1, 0.15) is 6.61 Å². The fraction of sp³-hybridized carbons (Fsp3) is 0.143. The Labute approximate surface area is 69.3 Å². The van der Waals surface area contributed by atoms with Gasteiger partial charge in [0.15, 0.2) is 0 Å². The minimum absolute atomic E-state index is 0. The number of carbonyl (C=O) groups is 2. The van der Waals surface area contributed by atoms with E-state index in [1.807, 2.05) is 0 Å². The summed E-state index contributed by atoms with van der Waals surface area (Å²) in [4.78, 5) is 20.3. The molecular weight excluding hydrogens is 164 g/mol. The van der Waals surface area contributed by atoms with Crippen LogP contribution in [0.3, 0.4) is 0 Å². The maximum atomic E-state index is 10.5. The van der Waals surface area contributed by atoms with Crippen molar-refractivity contribution in [1.82, 2.24) is 0 Å². The molecule has 0 heterocycles. The normalized spacial score (nSPS) is 8.67. The number of hydrogen-bond donors (Lipinski definition) is 1. The summed E-state index contributed by atoms with van der Waals surface area (Å²) >= 11 is 0. The summed E-state index contributed by atoms with van der Waals surface area (Å²) in [7, 11) is 0. The van der Waals surface area contributed by atoms with Crippen LogP contribution in [0.25, 0.3) is 0 Å². The van der Waals surface area contributed by atoms with E-state index in [-0.39, 0.29) is 12.1 Å². The maximum absolute atomic E-state index is 10.5. The van der Waals surface area contributed by atoms with Gasteiger partial charge < -0.3 is 15.3 Å². The van der Waals surface area contributed by atoms with E-state index in [1.165, 1.54) is 6.08 Å². The molecule has 0 saturated carbocycles. The molecule has 0 radical (unpaired) electrons. The van der Waals surface area contributed by atoms with Crippen LogP contribution < -0.4 is 0 Å². The molecule has 5 heteroatoms. The highest BCUT2D eigenvalue weighted by molar-refractivity contribution is 5.90. The van der Waals surface area contributed by atoms with Crippen molar-refractivity contribution in [3.05, 3.63) is 24.8 Å². The van der Waals surface area contributed by atoms with Crippen molar-refractivity contribution in [3.63, 3.8) is 0 Å². The zero-order valence-electron chi connectivity index (χ0n) is 6.32. The fourth-order valence-corrected chi connectivity index (χ4v) is 0.329. The molecule has 0 aromatic rings. The van der Waals surface area contributed by atoms with Gasteiger partial charge in [0.05, 0.1) is 0 Å². The summed E-state index contributed by atoms with van der Waals surface area (Å²) in [5.41, 5.74) is 0. The second-order valence-electron chi connectivity index (χ2n) is 1.59. The molecule has 0 aromatic carbocycles. The van der Waals surface area contributed by atoms with Crippen LogP contribution in [0.1, 0.15) is 0 Å². The topological polar surface area (TPSA) is 95.1 Å². The molecule has 0 aromatic heterocycles. The van der Waals surface area contributed by atoms with E-state index in [2.05, 4.69) is 11.3 Å². The van der Waals surface area contributed by atoms with Gasteiger partial charge in [0.25, 0.3) is 0 Å². The maximum Gasteiger partial charge on any atom is 0.331 e. The molecule has 0 fully saturated rings. The van der Waals surface area contributed by atoms with E-state index in [9.17, 15) is 9.59 Å². The first-order chi connectivity index (χ1) is 5.16. The second kappa shape index (κ2) is 7.49. The smallest absolute Gasteiger partial charge is 0.331 e. The molecular formula is C7H10O5. The first-order valence-corrected chi connectivity index (χ1v) is 2.85. The van der Waals surface area contributed by atoms with Crippen molar-refractivity contribution < 1.29 is 24.9 Å². The summed E-state index contributed by atoms with van der Waals surface area (Å²) in [5.74, 6) is -1.87. The third kappa shape index (κ3) is 8.38. The molecule has 68 valence electrons. The van der Waals surface area contributed by atoms with Crippen LogP contribution in [0.2, 0.25) is 0 Å². The van der Waals surface area contributed by atoms with Crippen molar-refractivity contribution in [2.75, 3.05) is 6.61 Å². The quantitative estimate of drug-likeness (QED) is 0.354. The van der Waals surface area contributed by atoms with E-state index >= 15 is 0 Å². The lowest BCUT2D eigenvalue weighted by Gasteiger charge is -1.93. The molecule has 0 unspecified atom stereocenters. The van der Waals surface area contributed by atoms with Crippen LogP contribution >= 0.6 is 0 Å². The molecule has 5 nitrogen and oxygen atoms in total. The summed E-state index contributed by atoms with van der Waals surface area (Å²) < 4.78 is 4.43. The van der Waals surface area contributed by atoms with Gasteiger partial charge in [-0.25, -0.2) is 9.59 Å². The largest absolute Gasteiger partial charge is 0.478 e. The van der Waals surface area contributed by atoms with Crippen LogP contribution in [0, 0.1) is 0 Å². The average Bonchev–Trinajstić information content (AvgIpc) is 1.97. The van der Waals surface area contributed by atoms with Crippen LogP contribution in [0.15, 0.2) is 24.8 Å². The molecule has 0 amide bonds. The molecule has 0 aliphatic rings. The lowest BCUT2D eigenvalue weighted by molar-refractivity contribution is -0.137. The predicted octanol–water partition coefficient (Wildman–Crippen LogP) is -0.468. The van der Waals surface area contributed by atoms with Gasteiger partial charge in [-0.15, -0.1) is 0 Å². The highest BCUT2D eigenvalue weighted by Gasteiger charge is 1.94. The summed E-state index contributed by atoms with van der Waals surface area (Å²) in [6.45, 7) is 3.40. The highest BCUT2D eigenvalue weighted by Crippen LogP contribution is 1.81. The van der Waals surface area contributed by atoms with Crippen molar-refractivity contribution in [2.45, 2.75) is 0 Å². The number of carbonyl (C=O) groups excluding carboxylic acids is 1. The number of carboxylic acids is 1. The van der Waals surface area contributed by atoms with Crippen molar-refractivity contribution in [2.24, 2.45) is 0 Å². The molecule has 0 aliphatic heterocycles. The van der Waals surface area contributed by atoms with E-state index in [0.29, 0.717) is 6.08 Å². The number of rotatable bonds is 4. The van der Waals surface area contributed by atoms with Gasteiger partial charge in [0.2, 0.25) is 0 Å². The van der Waals surface area contributed by atoms with E-state index in [1.54, 1.807) is 0 Å². The Morgan fingerprint density at radius 3 is 2.42 bits per heavy atom. The number of carboxylic acid groups (broad SMARTS) is 1. The first-order valence-electron chi connectivity index (χ1n) is 2.85. The summed E-state index contributed by atoms with van der Waals surface area (Å²) in [5, 5.41) is 8.07. The standard InChI is InChI=1S/C7H8O4.H2O/c1-2-5-11-7(10)4-3-6(8)9;/h2-4H,1,5H2,(H,8,9);1H2/b4-3-;. The van der Waals surface area contributed by atoms with Crippen LogP contribution in [-0.4, -0.2) is 29.1 Å². The minimum atomic E-state index is -1.18. The zero-order chi connectivity index (χ0) is 8.69. The molecule has 12 heavy (non-hydrogen) atoms. The fourth-order valence-electron chi connectivity index (χ4n) is 0.329. The zero-order valence-corrected chi connectivity index (χ0v) is 6.32. The minimum Gasteiger partial charge on any atom is -0.478 e. The predicted molar refractivity (Wildman–Crippen MR) is 41.5 cm³/mol. The van der Waals surface area contributed by atoms with Crippen LogP contribution in [0.4, 0.5) is 0 Å². The highest BCUT2D eigenvalue weighted by atomic mass is 16.5. The van der Waals surface area contributed by atoms with Gasteiger partial charge in [-0.2, -0.15) is 0 Å². The van der Waals surface area contributed by atoms with Gasteiger partial charge in [0, 0.05) is 12.2 Å². The summed E-state index contributed by atoms with van der Waals surface area (Å²) in [6.07, 6.45) is 2.95. The first kappa shape index (κ1) is 13.0. The van der Waals surface area contributed by atoms with Gasteiger partial charge in [-0.05, 0) is 0 Å². The molecule has 0 spiro atoms. The molecule has 0 rings (SSSR count). The third-order valence-electron chi connectivity index (χ3n) is 0.705. The molecule has 0 atom stereocenters. The van der Waals surface area contributed by atoms with E-state index in [4.69, 9.17) is 5.11 Å². The number of ether oxygens (including phenoxy) is 1. The lowest BCUT2D eigenvalue weighted by Crippen LogP contribution is -2.01. The second-order valence-corrected chi connectivity index (χ2v) is 1.59. The van der Waals surface area contributed by atoms with Crippen molar-refractivity contribution in [1.29, 1.82) is 0 Å². The third-order valence-corrected chi connectivity index (χ3v) is 0.705. The SMILES string of the molecule is C=CCOC(=O)/C=C\C(=O)O.O. The van der Waals surface area contributed by atoms with Crippen LogP contribution in [0.5, 0.6) is 0 Å². The number of esters is 1. The Bertz CT molecular complexity index is 194. The molecule has 0 bridgehead atoms. The van der Waals surface area contributed by atoms with Crippen molar-refractivity contribution in [3.8, 4) is 0 Å². The monoisotopic (exact) mass is 174 g/mol. The van der Waals surface area contributed by atoms with Gasteiger partial charge in [-0.1, -0.05) is 12.7 Å². The van der Waals surface area contributed by atoms with E-state index < -0.39 is 11.9 Å². The van der Waals surface area contributed by atoms with Gasteiger partial charge in [-0.3, -0.25) is 0 Å². The average molecular weight is 174 g/mol. The van der Waals surface area contributed by atoms with Crippen LogP contribution in [-0.2, 0) is 14.3 Å². The Kier molecular flexibility index (Phi) is 8.11. The molecule has 3 N–H and O–H groups in total. The Hall–Kier alpha value is -1.62.